The van der Waals surface area contributed by atoms with E-state index < -0.39 is 6.10 Å². The van der Waals surface area contributed by atoms with Gasteiger partial charge in [-0.05, 0) is 109 Å². The molecule has 0 spiro atoms. The average Bonchev–Trinajstić information content (AvgIpc) is 3.46. The number of rotatable bonds is 60. The third-order valence-corrected chi connectivity index (χ3v) is 14.2. The molecule has 0 amide bonds. The number of esters is 3. The Morgan fingerprint density at radius 3 is 0.762 bits per heavy atom. The van der Waals surface area contributed by atoms with E-state index in [2.05, 4.69) is 142 Å². The molecule has 0 bridgehead atoms. The second-order valence-corrected chi connectivity index (χ2v) is 22.0. The summed E-state index contributed by atoms with van der Waals surface area (Å²) in [6, 6.07) is 0. The normalized spacial score (nSPS) is 12.9. The van der Waals surface area contributed by atoms with Crippen molar-refractivity contribution in [2.24, 2.45) is 0 Å². The largest absolute Gasteiger partial charge is 0.462 e. The SMILES string of the molecule is CC/C=C\C/C=C\C/C=C\C/C=C\C/C=C\CCCCCCCCCCCC(=O)OCC(COC(=O)CCCCCCCCCCCCCC)OC(=O)CCCCCCCCCCC/C=C\C/C=C\C/C=C\C/C=C\C/C=C\CC. The summed E-state index contributed by atoms with van der Waals surface area (Å²) in [5.41, 5.74) is 0. The van der Waals surface area contributed by atoms with Crippen molar-refractivity contribution in [1.29, 1.82) is 0 Å². The Morgan fingerprint density at radius 1 is 0.263 bits per heavy atom. The molecule has 0 aromatic heterocycles. The molecule has 0 saturated heterocycles. The van der Waals surface area contributed by atoms with Gasteiger partial charge in [0.25, 0.3) is 0 Å². The summed E-state index contributed by atoms with van der Waals surface area (Å²) in [7, 11) is 0. The maximum Gasteiger partial charge on any atom is 0.306 e. The minimum atomic E-state index is -0.787. The van der Waals surface area contributed by atoms with Gasteiger partial charge in [-0.3, -0.25) is 14.4 Å². The van der Waals surface area contributed by atoms with E-state index >= 15 is 0 Å². The molecule has 0 aromatic rings. The summed E-state index contributed by atoms with van der Waals surface area (Å²) in [5.74, 6) is -0.885. The van der Waals surface area contributed by atoms with Gasteiger partial charge in [0.05, 0.1) is 0 Å². The van der Waals surface area contributed by atoms with Crippen molar-refractivity contribution >= 4 is 17.9 Å². The van der Waals surface area contributed by atoms with E-state index in [0.717, 1.165) is 135 Å². The van der Waals surface area contributed by atoms with Crippen LogP contribution in [0.2, 0.25) is 0 Å². The smallest absolute Gasteiger partial charge is 0.306 e. The van der Waals surface area contributed by atoms with E-state index in [1.807, 2.05) is 0 Å². The van der Waals surface area contributed by atoms with Gasteiger partial charge >= 0.3 is 17.9 Å². The Morgan fingerprint density at radius 2 is 0.487 bits per heavy atom. The molecule has 0 aliphatic rings. The minimum absolute atomic E-state index is 0.0815. The molecule has 0 heterocycles. The predicted octanol–water partition coefficient (Wildman–Crippen LogP) is 23.2. The van der Waals surface area contributed by atoms with E-state index in [1.54, 1.807) is 0 Å². The minimum Gasteiger partial charge on any atom is -0.462 e. The van der Waals surface area contributed by atoms with E-state index in [4.69, 9.17) is 14.2 Å². The van der Waals surface area contributed by atoms with Crippen LogP contribution in [0.4, 0.5) is 0 Å². The third kappa shape index (κ3) is 64.6. The molecular weight excluding hydrogens is 985 g/mol. The topological polar surface area (TPSA) is 78.9 Å². The molecule has 0 saturated carbocycles. The number of hydrogen-bond acceptors (Lipinski definition) is 6. The number of carbonyl (C=O) groups is 3. The second-order valence-electron chi connectivity index (χ2n) is 22.0. The molecule has 6 nitrogen and oxygen atoms in total. The fourth-order valence-electron chi connectivity index (χ4n) is 9.26. The van der Waals surface area contributed by atoms with Crippen LogP contribution in [-0.2, 0) is 28.6 Å². The van der Waals surface area contributed by atoms with E-state index in [0.29, 0.717) is 19.3 Å². The quantitative estimate of drug-likeness (QED) is 0.0261. The highest BCUT2D eigenvalue weighted by atomic mass is 16.6. The van der Waals surface area contributed by atoms with Gasteiger partial charge in [-0.25, -0.2) is 0 Å². The molecule has 0 fully saturated rings. The second kappa shape index (κ2) is 67.3. The van der Waals surface area contributed by atoms with Crippen molar-refractivity contribution in [1.82, 2.24) is 0 Å². The summed E-state index contributed by atoms with van der Waals surface area (Å²) in [6.45, 7) is 6.42. The van der Waals surface area contributed by atoms with Gasteiger partial charge in [0.2, 0.25) is 0 Å². The monoisotopic (exact) mass is 1110 g/mol. The lowest BCUT2D eigenvalue weighted by atomic mass is 10.0. The zero-order valence-corrected chi connectivity index (χ0v) is 52.3. The lowest BCUT2D eigenvalue weighted by Crippen LogP contribution is -2.30. The summed E-state index contributed by atoms with van der Waals surface area (Å²) in [4.78, 5) is 38.4. The standard InChI is InChI=1S/C74H124O6/c1-4-7-10-13-16-19-22-25-27-29-31-33-35-37-39-41-43-45-47-49-52-55-58-61-64-67-73(76)79-70-71(69-78-72(75)66-63-60-57-54-51-24-21-18-15-12-9-6-3)80-74(77)68-65-62-59-56-53-50-48-46-44-42-40-38-36-34-32-30-28-26-23-20-17-14-11-8-5-2/h7-8,10-11,16-17,19-20,25-28,31-34,37-40,71H,4-6,9,12-15,18,21-24,29-30,35-36,41-70H2,1-3H3/b10-7-,11-8-,19-16-,20-17-,27-25-,28-26-,33-31-,34-32-,39-37-,40-38-. The van der Waals surface area contributed by atoms with Gasteiger partial charge in [-0.15, -0.1) is 0 Å². The summed E-state index contributed by atoms with van der Waals surface area (Å²) in [6.07, 6.45) is 93.5. The Kier molecular flexibility index (Phi) is 63.8. The first-order valence-corrected chi connectivity index (χ1v) is 33.5. The Balaban J connectivity index is 4.33. The lowest BCUT2D eigenvalue weighted by Gasteiger charge is -2.18. The van der Waals surface area contributed by atoms with Crippen molar-refractivity contribution < 1.29 is 28.6 Å². The molecular formula is C74H124O6. The molecule has 6 heteroatoms. The van der Waals surface area contributed by atoms with Crippen LogP contribution in [0.1, 0.15) is 310 Å². The van der Waals surface area contributed by atoms with Gasteiger partial charge < -0.3 is 14.2 Å². The first kappa shape index (κ1) is 75.8. The highest BCUT2D eigenvalue weighted by Crippen LogP contribution is 2.16. The third-order valence-electron chi connectivity index (χ3n) is 14.2. The van der Waals surface area contributed by atoms with Crippen LogP contribution >= 0.6 is 0 Å². The lowest BCUT2D eigenvalue weighted by molar-refractivity contribution is -0.167. The highest BCUT2D eigenvalue weighted by Gasteiger charge is 2.19. The predicted molar refractivity (Wildman–Crippen MR) is 348 cm³/mol. The van der Waals surface area contributed by atoms with Gasteiger partial charge in [-0.1, -0.05) is 303 Å². The molecule has 0 rings (SSSR count). The molecule has 1 unspecified atom stereocenters. The first-order valence-electron chi connectivity index (χ1n) is 33.5. The van der Waals surface area contributed by atoms with E-state index in [9.17, 15) is 14.4 Å². The Hall–Kier alpha value is -4.19. The first-order chi connectivity index (χ1) is 39.5. The number of carbonyl (C=O) groups excluding carboxylic acids is 3. The van der Waals surface area contributed by atoms with Gasteiger partial charge in [0.15, 0.2) is 6.10 Å². The van der Waals surface area contributed by atoms with Crippen LogP contribution in [0, 0.1) is 0 Å². The van der Waals surface area contributed by atoms with Crippen molar-refractivity contribution in [2.75, 3.05) is 13.2 Å². The summed E-state index contributed by atoms with van der Waals surface area (Å²) in [5, 5.41) is 0. The molecule has 0 aromatic carbocycles. The Labute approximate surface area is 494 Å². The van der Waals surface area contributed by atoms with Crippen molar-refractivity contribution in [3.05, 3.63) is 122 Å². The number of allylic oxidation sites excluding steroid dienone is 20. The van der Waals surface area contributed by atoms with Crippen molar-refractivity contribution in [3.8, 4) is 0 Å². The molecule has 0 aliphatic carbocycles. The number of hydrogen-bond donors (Lipinski definition) is 0. The number of ether oxygens (including phenoxy) is 3. The molecule has 1 atom stereocenters. The van der Waals surface area contributed by atoms with Crippen LogP contribution in [0.25, 0.3) is 0 Å². The fourth-order valence-corrected chi connectivity index (χ4v) is 9.26. The van der Waals surface area contributed by atoms with Crippen molar-refractivity contribution in [3.63, 3.8) is 0 Å². The molecule has 0 aliphatic heterocycles. The maximum absolute atomic E-state index is 12.9. The van der Waals surface area contributed by atoms with Crippen LogP contribution < -0.4 is 0 Å². The average molecular weight is 1110 g/mol. The molecule has 456 valence electrons. The van der Waals surface area contributed by atoms with Crippen LogP contribution in [0.5, 0.6) is 0 Å². The van der Waals surface area contributed by atoms with Crippen LogP contribution in [0.15, 0.2) is 122 Å². The van der Waals surface area contributed by atoms with Gasteiger partial charge in [0, 0.05) is 19.3 Å². The van der Waals surface area contributed by atoms with Crippen molar-refractivity contribution in [2.45, 2.75) is 316 Å². The highest BCUT2D eigenvalue weighted by molar-refractivity contribution is 5.71. The fraction of sp³-hybridized carbons (Fsp3) is 0.689. The number of unbranched alkanes of at least 4 members (excludes halogenated alkanes) is 29. The zero-order chi connectivity index (χ0) is 57.8. The van der Waals surface area contributed by atoms with Gasteiger partial charge in [-0.2, -0.15) is 0 Å². The molecule has 0 radical (unpaired) electrons. The zero-order valence-electron chi connectivity index (χ0n) is 52.3. The summed E-state index contributed by atoms with van der Waals surface area (Å²) >= 11 is 0. The van der Waals surface area contributed by atoms with E-state index in [1.165, 1.54) is 135 Å². The van der Waals surface area contributed by atoms with Gasteiger partial charge in [0.1, 0.15) is 13.2 Å². The van der Waals surface area contributed by atoms with Crippen LogP contribution in [0.3, 0.4) is 0 Å². The molecule has 80 heavy (non-hydrogen) atoms. The summed E-state index contributed by atoms with van der Waals surface area (Å²) < 4.78 is 16.9. The van der Waals surface area contributed by atoms with E-state index in [-0.39, 0.29) is 31.1 Å². The Bertz CT molecular complexity index is 1650. The maximum atomic E-state index is 12.9. The molecule has 0 N–H and O–H groups in total. The van der Waals surface area contributed by atoms with Crippen LogP contribution in [-0.4, -0.2) is 37.2 Å².